The van der Waals surface area contributed by atoms with Crippen LogP contribution in [0, 0.1) is 0 Å². The molecule has 3 rings (SSSR count). The summed E-state index contributed by atoms with van der Waals surface area (Å²) in [5, 5.41) is 9.16. The molecule has 0 saturated heterocycles. The lowest BCUT2D eigenvalue weighted by atomic mass is 10.0. The van der Waals surface area contributed by atoms with Crippen molar-refractivity contribution in [2.24, 2.45) is 4.99 Å². The molecule has 1 heterocycles. The highest BCUT2D eigenvalue weighted by molar-refractivity contribution is 6.12. The number of rotatable bonds is 11. The van der Waals surface area contributed by atoms with Gasteiger partial charge in [0.25, 0.3) is 0 Å². The van der Waals surface area contributed by atoms with Crippen molar-refractivity contribution < 1.29 is 9.59 Å². The number of anilines is 2. The van der Waals surface area contributed by atoms with Crippen molar-refractivity contribution in [3.05, 3.63) is 102 Å². The number of amidine groups is 1. The number of hydrogen-bond donors (Lipinski definition) is 3. The van der Waals surface area contributed by atoms with Crippen LogP contribution in [0.4, 0.5) is 11.4 Å². The Kier molecular flexibility index (Phi) is 10.4. The molecule has 7 nitrogen and oxygen atoms in total. The summed E-state index contributed by atoms with van der Waals surface area (Å²) in [4.78, 5) is 31.0. The molecule has 0 radical (unpaired) electrons. The van der Waals surface area contributed by atoms with Crippen LogP contribution in [-0.4, -0.2) is 43.2 Å². The molecule has 38 heavy (non-hydrogen) atoms. The number of nitrogens with zero attached hydrogens (tertiary/aromatic N) is 2. The van der Waals surface area contributed by atoms with Gasteiger partial charge < -0.3 is 20.9 Å². The van der Waals surface area contributed by atoms with E-state index >= 15 is 0 Å². The summed E-state index contributed by atoms with van der Waals surface area (Å²) >= 11 is 0. The molecule has 2 aromatic rings. The molecule has 3 N–H and O–H groups in total. The van der Waals surface area contributed by atoms with Crippen molar-refractivity contribution in [1.29, 1.82) is 0 Å². The van der Waals surface area contributed by atoms with Gasteiger partial charge in [-0.25, -0.2) is 4.99 Å². The summed E-state index contributed by atoms with van der Waals surface area (Å²) in [5.41, 5.74) is 6.63. The van der Waals surface area contributed by atoms with Gasteiger partial charge in [-0.15, -0.1) is 0 Å². The van der Waals surface area contributed by atoms with Crippen LogP contribution in [0.5, 0.6) is 0 Å². The molecular formula is C31H37N5O2. The Morgan fingerprint density at radius 2 is 1.68 bits per heavy atom. The third-order valence-corrected chi connectivity index (χ3v) is 5.91. The van der Waals surface area contributed by atoms with Gasteiger partial charge in [0.1, 0.15) is 5.84 Å². The van der Waals surface area contributed by atoms with Crippen LogP contribution < -0.4 is 16.0 Å². The quantitative estimate of drug-likeness (QED) is 0.347. The molecule has 7 heteroatoms. The van der Waals surface area contributed by atoms with Crippen LogP contribution in [-0.2, 0) is 16.0 Å². The minimum absolute atomic E-state index is 0.111. The van der Waals surface area contributed by atoms with Crippen LogP contribution in [0.2, 0.25) is 0 Å². The summed E-state index contributed by atoms with van der Waals surface area (Å²) in [7, 11) is 3.88. The van der Waals surface area contributed by atoms with E-state index in [0.717, 1.165) is 46.8 Å². The summed E-state index contributed by atoms with van der Waals surface area (Å²) in [5.74, 6) is 0.516. The monoisotopic (exact) mass is 511 g/mol. The van der Waals surface area contributed by atoms with Crippen LogP contribution >= 0.6 is 0 Å². The van der Waals surface area contributed by atoms with Gasteiger partial charge in [-0.05, 0) is 68.9 Å². The third-order valence-electron chi connectivity index (χ3n) is 5.91. The average Bonchev–Trinajstić information content (AvgIpc) is 3.30. The zero-order valence-corrected chi connectivity index (χ0v) is 22.7. The standard InChI is InChI=1S/C31H37N5O2/c1-6-9-22(3)27-21-28(35-31(27)32-7-2)24-13-17-26(18-14-24)34-30(38)20-23-11-15-25(16-12-23)33-29(37)10-8-19-36(4)5/h7-8,10-18,21H,2,6,9,19-20H2,1,3-5H3,(H,32,35)(H,33,37)(H,34,38)/b10-8+,27-22-. The number of amides is 2. The lowest BCUT2D eigenvalue weighted by Gasteiger charge is -2.09. The highest BCUT2D eigenvalue weighted by Gasteiger charge is 2.19. The average molecular weight is 512 g/mol. The third kappa shape index (κ3) is 8.42. The molecule has 0 saturated carbocycles. The first-order valence-electron chi connectivity index (χ1n) is 12.8. The van der Waals surface area contributed by atoms with E-state index in [4.69, 9.17) is 0 Å². The summed E-state index contributed by atoms with van der Waals surface area (Å²) < 4.78 is 0. The van der Waals surface area contributed by atoms with Gasteiger partial charge >= 0.3 is 0 Å². The maximum absolute atomic E-state index is 12.6. The molecular weight excluding hydrogens is 474 g/mol. The van der Waals surface area contributed by atoms with Crippen LogP contribution in [0.1, 0.15) is 37.8 Å². The van der Waals surface area contributed by atoms with Crippen molar-refractivity contribution in [1.82, 2.24) is 10.2 Å². The Labute approximate surface area is 225 Å². The normalized spacial score (nSPS) is 15.4. The number of aliphatic imine (C=N–C) groups is 1. The van der Waals surface area contributed by atoms with E-state index in [2.05, 4.69) is 47.4 Å². The maximum Gasteiger partial charge on any atom is 0.248 e. The Bertz CT molecular complexity index is 1270. The van der Waals surface area contributed by atoms with Crippen LogP contribution in [0.25, 0.3) is 5.70 Å². The van der Waals surface area contributed by atoms with E-state index in [1.807, 2.05) is 55.4 Å². The second kappa shape index (κ2) is 13.9. The fourth-order valence-electron chi connectivity index (χ4n) is 4.01. The highest BCUT2D eigenvalue weighted by Crippen LogP contribution is 2.26. The van der Waals surface area contributed by atoms with E-state index < -0.39 is 0 Å². The maximum atomic E-state index is 12.6. The van der Waals surface area contributed by atoms with Gasteiger partial charge in [0.2, 0.25) is 11.8 Å². The van der Waals surface area contributed by atoms with Gasteiger partial charge in [-0.1, -0.05) is 55.8 Å². The summed E-state index contributed by atoms with van der Waals surface area (Å²) in [6.45, 7) is 8.72. The van der Waals surface area contributed by atoms with Gasteiger partial charge in [0.05, 0.1) is 6.42 Å². The molecule has 0 aromatic heterocycles. The topological polar surface area (TPSA) is 85.8 Å². The van der Waals surface area contributed by atoms with Crippen molar-refractivity contribution in [3.8, 4) is 0 Å². The first kappa shape index (κ1) is 28.3. The Morgan fingerprint density at radius 1 is 1.03 bits per heavy atom. The zero-order chi connectivity index (χ0) is 27.5. The van der Waals surface area contributed by atoms with E-state index in [9.17, 15) is 9.59 Å². The largest absolute Gasteiger partial charge is 0.339 e. The van der Waals surface area contributed by atoms with Gasteiger partial charge in [0.15, 0.2) is 0 Å². The first-order valence-corrected chi connectivity index (χ1v) is 12.8. The van der Waals surface area contributed by atoms with E-state index in [0.29, 0.717) is 12.2 Å². The number of hydrogen-bond acceptors (Lipinski definition) is 4. The van der Waals surface area contributed by atoms with Gasteiger partial charge in [-0.2, -0.15) is 0 Å². The van der Waals surface area contributed by atoms with Crippen molar-refractivity contribution in [2.45, 2.75) is 33.1 Å². The van der Waals surface area contributed by atoms with Crippen LogP contribution in [0.3, 0.4) is 0 Å². The van der Waals surface area contributed by atoms with E-state index in [1.165, 1.54) is 11.6 Å². The zero-order valence-electron chi connectivity index (χ0n) is 22.7. The van der Waals surface area contributed by atoms with Gasteiger partial charge in [0, 0.05) is 41.5 Å². The molecule has 1 aliphatic heterocycles. The fraction of sp³-hybridized carbons (Fsp3) is 0.258. The molecule has 2 aromatic carbocycles. The molecule has 0 atom stereocenters. The number of carbonyl (C=O) groups excluding carboxylic acids is 2. The lowest BCUT2D eigenvalue weighted by Crippen LogP contribution is -2.17. The molecule has 198 valence electrons. The second-order valence-corrected chi connectivity index (χ2v) is 9.44. The molecule has 0 fully saturated rings. The predicted molar refractivity (Wildman–Crippen MR) is 158 cm³/mol. The minimum Gasteiger partial charge on any atom is -0.339 e. The number of carbonyl (C=O) groups is 2. The minimum atomic E-state index is -0.183. The number of likely N-dealkylation sites (N-methyl/N-ethyl adjacent to an activating group) is 1. The number of benzene rings is 2. The molecule has 0 unspecified atom stereocenters. The van der Waals surface area contributed by atoms with Crippen molar-refractivity contribution >= 4 is 34.7 Å². The van der Waals surface area contributed by atoms with Crippen molar-refractivity contribution in [2.75, 3.05) is 31.3 Å². The second-order valence-electron chi connectivity index (χ2n) is 9.44. The molecule has 1 aliphatic rings. The Morgan fingerprint density at radius 3 is 2.32 bits per heavy atom. The fourth-order valence-corrected chi connectivity index (χ4v) is 4.01. The summed E-state index contributed by atoms with van der Waals surface area (Å²) in [6.07, 6.45) is 9.30. The lowest BCUT2D eigenvalue weighted by molar-refractivity contribution is -0.115. The highest BCUT2D eigenvalue weighted by atomic mass is 16.2. The molecule has 0 aliphatic carbocycles. The Hall–Kier alpha value is -4.23. The van der Waals surface area contributed by atoms with Crippen molar-refractivity contribution in [3.63, 3.8) is 0 Å². The van der Waals surface area contributed by atoms with Crippen LogP contribution in [0.15, 0.2) is 95.7 Å². The van der Waals surface area contributed by atoms with E-state index in [-0.39, 0.29) is 18.2 Å². The predicted octanol–water partition coefficient (Wildman–Crippen LogP) is 5.53. The molecule has 2 amide bonds. The van der Waals surface area contributed by atoms with E-state index in [1.54, 1.807) is 24.4 Å². The van der Waals surface area contributed by atoms with Gasteiger partial charge in [-0.3, -0.25) is 9.59 Å². The smallest absolute Gasteiger partial charge is 0.248 e. The number of nitrogens with one attached hydrogen (secondary N) is 3. The SMILES string of the molecule is C=C/N=C1/NC(c2ccc(NC(=O)Cc3ccc(NC(=O)/C=C/CN(C)C)cc3)cc2)=C/C1=C(\C)CCC. The molecule has 0 spiro atoms. The number of allylic oxidation sites excluding steroid dienone is 1. The molecule has 0 bridgehead atoms. The Balaban J connectivity index is 1.57. The first-order chi connectivity index (χ1) is 18.3. The summed E-state index contributed by atoms with van der Waals surface area (Å²) in [6, 6.07) is 15.0.